The average molecular weight is 372 g/mol. The fourth-order valence-electron chi connectivity index (χ4n) is 2.40. The van der Waals surface area contributed by atoms with E-state index in [-0.39, 0.29) is 25.1 Å². The van der Waals surface area contributed by atoms with E-state index in [9.17, 15) is 4.39 Å². The summed E-state index contributed by atoms with van der Waals surface area (Å²) in [5.41, 5.74) is 1.12. The monoisotopic (exact) mass is 370 g/mol. The van der Waals surface area contributed by atoms with Crippen LogP contribution >= 0.6 is 39.9 Å². The highest BCUT2D eigenvalue weighted by atomic mass is 79.9. The third kappa shape index (κ3) is 4.57. The second-order valence-electron chi connectivity index (χ2n) is 4.45. The molecule has 1 atom stereocenters. The molecule has 0 aromatic heterocycles. The Morgan fingerprint density at radius 1 is 1.37 bits per heavy atom. The van der Waals surface area contributed by atoms with Gasteiger partial charge in [0.05, 0.1) is 6.67 Å². The highest BCUT2D eigenvalue weighted by Crippen LogP contribution is 2.32. The number of hydrogen-bond donors (Lipinski definition) is 1. The molecule has 0 radical (unpaired) electrons. The summed E-state index contributed by atoms with van der Waals surface area (Å²) in [5, 5.41) is 4.02. The third-order valence-electron chi connectivity index (χ3n) is 3.30. The van der Waals surface area contributed by atoms with Crippen LogP contribution in [0.5, 0.6) is 0 Å². The van der Waals surface area contributed by atoms with E-state index in [1.807, 2.05) is 18.2 Å². The highest BCUT2D eigenvalue weighted by Gasteiger charge is 2.23. The molecule has 1 saturated heterocycles. The Morgan fingerprint density at radius 2 is 2.05 bits per heavy atom. The molecule has 1 fully saturated rings. The van der Waals surface area contributed by atoms with Gasteiger partial charge in [0, 0.05) is 41.7 Å². The molecule has 1 aromatic rings. The Labute approximate surface area is 133 Å². The number of hydrogen-bond acceptors (Lipinski definition) is 2. The van der Waals surface area contributed by atoms with E-state index >= 15 is 0 Å². The standard InChI is InChI=1S/C13H17BrClFN2.ClH/c14-12-9-10(15)1-2-11(12)13(3-4-16)18-7-5-17-6-8-18;/h1-2,9,13,17H,3-8H2;1H/t13-;/m0./s1. The van der Waals surface area contributed by atoms with Gasteiger partial charge in [-0.05, 0) is 24.1 Å². The van der Waals surface area contributed by atoms with E-state index in [4.69, 9.17) is 11.6 Å². The Bertz CT molecular complexity index is 400. The number of rotatable bonds is 4. The zero-order chi connectivity index (χ0) is 13.0. The average Bonchev–Trinajstić information content (AvgIpc) is 2.38. The molecule has 1 aliphatic rings. The van der Waals surface area contributed by atoms with E-state index in [0.29, 0.717) is 11.4 Å². The number of nitrogens with one attached hydrogen (secondary N) is 1. The predicted molar refractivity (Wildman–Crippen MR) is 84.2 cm³/mol. The zero-order valence-electron chi connectivity index (χ0n) is 10.5. The second kappa shape index (κ2) is 8.42. The smallest absolute Gasteiger partial charge is 0.0912 e. The summed E-state index contributed by atoms with van der Waals surface area (Å²) in [4.78, 5) is 2.34. The Hall–Kier alpha value is 0.130. The van der Waals surface area contributed by atoms with Crippen LogP contribution in [0.15, 0.2) is 22.7 Å². The minimum absolute atomic E-state index is 0. The van der Waals surface area contributed by atoms with Crippen molar-refractivity contribution in [1.82, 2.24) is 10.2 Å². The van der Waals surface area contributed by atoms with E-state index in [2.05, 4.69) is 26.1 Å². The molecule has 0 spiro atoms. The van der Waals surface area contributed by atoms with Crippen LogP contribution in [0.1, 0.15) is 18.0 Å². The lowest BCUT2D eigenvalue weighted by Gasteiger charge is -2.35. The number of halogens is 4. The van der Waals surface area contributed by atoms with Crippen molar-refractivity contribution in [1.29, 1.82) is 0 Å². The Balaban J connectivity index is 0.00000180. The lowest BCUT2D eigenvalue weighted by Crippen LogP contribution is -2.45. The number of nitrogens with zero attached hydrogens (tertiary/aromatic N) is 1. The van der Waals surface area contributed by atoms with Crippen molar-refractivity contribution in [3.8, 4) is 0 Å². The number of alkyl halides is 1. The maximum Gasteiger partial charge on any atom is 0.0912 e. The van der Waals surface area contributed by atoms with Crippen LogP contribution in [0.4, 0.5) is 4.39 Å². The predicted octanol–water partition coefficient (Wildman–Crippen LogP) is 3.83. The molecule has 1 aromatic carbocycles. The van der Waals surface area contributed by atoms with Gasteiger partial charge in [-0.3, -0.25) is 9.29 Å². The normalized spacial score (nSPS) is 17.8. The van der Waals surface area contributed by atoms with Gasteiger partial charge in [-0.2, -0.15) is 0 Å². The molecule has 0 bridgehead atoms. The van der Waals surface area contributed by atoms with Gasteiger partial charge in [0.15, 0.2) is 0 Å². The first-order valence-corrected chi connectivity index (χ1v) is 7.35. The van der Waals surface area contributed by atoms with Crippen LogP contribution in [0.2, 0.25) is 5.02 Å². The molecule has 2 nitrogen and oxygen atoms in total. The van der Waals surface area contributed by atoms with E-state index in [1.54, 1.807) is 0 Å². The molecule has 0 saturated carbocycles. The van der Waals surface area contributed by atoms with Crippen molar-refractivity contribution >= 4 is 39.9 Å². The summed E-state index contributed by atoms with van der Waals surface area (Å²) in [7, 11) is 0. The first-order chi connectivity index (χ1) is 8.72. The topological polar surface area (TPSA) is 15.3 Å². The van der Waals surface area contributed by atoms with Crippen molar-refractivity contribution in [2.45, 2.75) is 12.5 Å². The maximum atomic E-state index is 12.8. The van der Waals surface area contributed by atoms with Crippen LogP contribution in [-0.4, -0.2) is 37.8 Å². The zero-order valence-corrected chi connectivity index (χ0v) is 13.7. The van der Waals surface area contributed by atoms with Gasteiger partial charge < -0.3 is 5.32 Å². The van der Waals surface area contributed by atoms with Crippen LogP contribution in [0.3, 0.4) is 0 Å². The van der Waals surface area contributed by atoms with Gasteiger partial charge in [0.25, 0.3) is 0 Å². The summed E-state index contributed by atoms with van der Waals surface area (Å²) in [6, 6.07) is 5.87. The summed E-state index contributed by atoms with van der Waals surface area (Å²) < 4.78 is 13.8. The second-order valence-corrected chi connectivity index (χ2v) is 5.74. The van der Waals surface area contributed by atoms with Crippen molar-refractivity contribution in [2.75, 3.05) is 32.9 Å². The van der Waals surface area contributed by atoms with Crippen molar-refractivity contribution < 1.29 is 4.39 Å². The maximum absolute atomic E-state index is 12.8. The van der Waals surface area contributed by atoms with Crippen LogP contribution < -0.4 is 5.32 Å². The minimum Gasteiger partial charge on any atom is -0.314 e. The van der Waals surface area contributed by atoms with Gasteiger partial charge in [-0.15, -0.1) is 12.4 Å². The SMILES string of the molecule is Cl.FCC[C@@H](c1ccc(Cl)cc1Br)N1CCNCC1. The lowest BCUT2D eigenvalue weighted by atomic mass is 10.0. The van der Waals surface area contributed by atoms with E-state index in [1.165, 1.54) is 0 Å². The van der Waals surface area contributed by atoms with Gasteiger partial charge in [-0.1, -0.05) is 33.6 Å². The first-order valence-electron chi connectivity index (χ1n) is 6.18. The molecule has 0 unspecified atom stereocenters. The fourth-order valence-corrected chi connectivity index (χ4v) is 3.35. The van der Waals surface area contributed by atoms with Gasteiger partial charge in [0.2, 0.25) is 0 Å². The lowest BCUT2D eigenvalue weighted by molar-refractivity contribution is 0.157. The molecule has 6 heteroatoms. The molecule has 1 N–H and O–H groups in total. The van der Waals surface area contributed by atoms with E-state index < -0.39 is 0 Å². The Kier molecular flexibility index (Phi) is 7.62. The summed E-state index contributed by atoms with van der Waals surface area (Å²) in [5.74, 6) is 0. The molecule has 0 amide bonds. The molecule has 0 aliphatic carbocycles. The largest absolute Gasteiger partial charge is 0.314 e. The first kappa shape index (κ1) is 17.2. The number of piperazine rings is 1. The van der Waals surface area contributed by atoms with Crippen molar-refractivity contribution in [3.63, 3.8) is 0 Å². The number of benzene rings is 1. The summed E-state index contributed by atoms with van der Waals surface area (Å²) in [6.07, 6.45) is 0.528. The quantitative estimate of drug-likeness (QED) is 0.865. The fraction of sp³-hybridized carbons (Fsp3) is 0.538. The van der Waals surface area contributed by atoms with Crippen LogP contribution in [0.25, 0.3) is 0 Å². The van der Waals surface area contributed by atoms with Crippen molar-refractivity contribution in [2.24, 2.45) is 0 Å². The molecule has 1 aliphatic heterocycles. The minimum atomic E-state index is -0.302. The highest BCUT2D eigenvalue weighted by molar-refractivity contribution is 9.10. The summed E-state index contributed by atoms with van der Waals surface area (Å²) >= 11 is 9.49. The van der Waals surface area contributed by atoms with Crippen LogP contribution in [-0.2, 0) is 0 Å². The van der Waals surface area contributed by atoms with Crippen molar-refractivity contribution in [3.05, 3.63) is 33.3 Å². The third-order valence-corrected chi connectivity index (χ3v) is 4.22. The Morgan fingerprint density at radius 3 is 2.63 bits per heavy atom. The molecule has 108 valence electrons. The van der Waals surface area contributed by atoms with Crippen LogP contribution in [0, 0.1) is 0 Å². The molecule has 19 heavy (non-hydrogen) atoms. The summed E-state index contributed by atoms with van der Waals surface area (Å²) in [6.45, 7) is 3.55. The van der Waals surface area contributed by atoms with E-state index in [0.717, 1.165) is 36.2 Å². The molecular formula is C13H18BrCl2FN2. The van der Waals surface area contributed by atoms with Gasteiger partial charge >= 0.3 is 0 Å². The van der Waals surface area contributed by atoms with Gasteiger partial charge in [-0.25, -0.2) is 0 Å². The van der Waals surface area contributed by atoms with Gasteiger partial charge in [0.1, 0.15) is 0 Å². The molecule has 2 rings (SSSR count). The molecular weight excluding hydrogens is 354 g/mol. The molecule has 1 heterocycles.